The fourth-order valence-electron chi connectivity index (χ4n) is 1.50. The van der Waals surface area contributed by atoms with E-state index >= 15 is 0 Å². The SMILES string of the molecule is CC(C)CCC[C@@H](C)CCOC(=O)C(C)O. The Morgan fingerprint density at radius 3 is 2.25 bits per heavy atom. The minimum Gasteiger partial charge on any atom is -0.464 e. The lowest BCUT2D eigenvalue weighted by molar-refractivity contribution is -0.152. The van der Waals surface area contributed by atoms with Gasteiger partial charge in [-0.1, -0.05) is 40.0 Å². The molecule has 0 spiro atoms. The van der Waals surface area contributed by atoms with Crippen LogP contribution in [-0.4, -0.2) is 23.8 Å². The summed E-state index contributed by atoms with van der Waals surface area (Å²) in [6, 6.07) is 0. The minimum atomic E-state index is -1.00. The highest BCUT2D eigenvalue weighted by Crippen LogP contribution is 2.15. The summed E-state index contributed by atoms with van der Waals surface area (Å²) in [5.41, 5.74) is 0. The Balaban J connectivity index is 3.43. The van der Waals surface area contributed by atoms with Crippen LogP contribution < -0.4 is 0 Å². The van der Waals surface area contributed by atoms with Crippen molar-refractivity contribution in [1.82, 2.24) is 0 Å². The fourth-order valence-corrected chi connectivity index (χ4v) is 1.50. The molecule has 0 fully saturated rings. The summed E-state index contributed by atoms with van der Waals surface area (Å²) in [5, 5.41) is 8.91. The van der Waals surface area contributed by atoms with Gasteiger partial charge in [0.25, 0.3) is 0 Å². The number of rotatable bonds is 8. The fraction of sp³-hybridized carbons (Fsp3) is 0.923. The summed E-state index contributed by atoms with van der Waals surface area (Å²) in [6.45, 7) is 8.49. The first-order valence-corrected chi connectivity index (χ1v) is 6.28. The van der Waals surface area contributed by atoms with E-state index in [9.17, 15) is 4.79 Å². The maximum atomic E-state index is 11.0. The van der Waals surface area contributed by atoms with Gasteiger partial charge in [-0.15, -0.1) is 0 Å². The Labute approximate surface area is 99.2 Å². The summed E-state index contributed by atoms with van der Waals surface area (Å²) >= 11 is 0. The second-order valence-electron chi connectivity index (χ2n) is 5.06. The van der Waals surface area contributed by atoms with Crippen LogP contribution in [0, 0.1) is 11.8 Å². The van der Waals surface area contributed by atoms with Crippen LogP contribution in [0.3, 0.4) is 0 Å². The third-order valence-corrected chi connectivity index (χ3v) is 2.67. The molecule has 0 heterocycles. The first-order valence-electron chi connectivity index (χ1n) is 6.28. The molecule has 16 heavy (non-hydrogen) atoms. The molecule has 0 aromatic rings. The molecular formula is C13H26O3. The molecule has 0 aliphatic heterocycles. The van der Waals surface area contributed by atoms with Gasteiger partial charge in [0.2, 0.25) is 0 Å². The van der Waals surface area contributed by atoms with Gasteiger partial charge in [0, 0.05) is 0 Å². The Morgan fingerprint density at radius 2 is 1.75 bits per heavy atom. The van der Waals surface area contributed by atoms with Crippen molar-refractivity contribution in [2.45, 2.75) is 59.5 Å². The molecule has 0 saturated heterocycles. The van der Waals surface area contributed by atoms with Crippen LogP contribution in [0.5, 0.6) is 0 Å². The second-order valence-corrected chi connectivity index (χ2v) is 5.06. The van der Waals surface area contributed by atoms with Gasteiger partial charge in [-0.3, -0.25) is 0 Å². The van der Waals surface area contributed by atoms with Gasteiger partial charge in [-0.05, 0) is 25.2 Å². The average Bonchev–Trinajstić information content (AvgIpc) is 2.16. The van der Waals surface area contributed by atoms with Crippen LogP contribution in [0.1, 0.15) is 53.4 Å². The van der Waals surface area contributed by atoms with Gasteiger partial charge >= 0.3 is 5.97 Å². The number of esters is 1. The van der Waals surface area contributed by atoms with Crippen LogP contribution in [-0.2, 0) is 9.53 Å². The van der Waals surface area contributed by atoms with E-state index in [1.165, 1.54) is 26.2 Å². The van der Waals surface area contributed by atoms with Gasteiger partial charge in [0.15, 0.2) is 0 Å². The molecule has 0 aliphatic carbocycles. The molecule has 2 atom stereocenters. The van der Waals surface area contributed by atoms with E-state index in [4.69, 9.17) is 9.84 Å². The van der Waals surface area contributed by atoms with Crippen LogP contribution in [0.4, 0.5) is 0 Å². The van der Waals surface area contributed by atoms with Crippen molar-refractivity contribution in [3.8, 4) is 0 Å². The zero-order chi connectivity index (χ0) is 12.6. The molecule has 0 aliphatic rings. The van der Waals surface area contributed by atoms with Gasteiger partial charge < -0.3 is 9.84 Å². The molecular weight excluding hydrogens is 204 g/mol. The van der Waals surface area contributed by atoms with E-state index in [2.05, 4.69) is 20.8 Å². The van der Waals surface area contributed by atoms with Gasteiger partial charge in [0.05, 0.1) is 6.61 Å². The lowest BCUT2D eigenvalue weighted by Gasteiger charge is -2.13. The number of ether oxygens (including phenoxy) is 1. The summed E-state index contributed by atoms with van der Waals surface area (Å²) in [5.74, 6) is 0.829. The number of aliphatic hydroxyl groups is 1. The zero-order valence-corrected chi connectivity index (χ0v) is 11.0. The highest BCUT2D eigenvalue weighted by Gasteiger charge is 2.10. The smallest absolute Gasteiger partial charge is 0.334 e. The van der Waals surface area contributed by atoms with E-state index in [-0.39, 0.29) is 0 Å². The molecule has 0 amide bonds. The molecule has 0 bridgehead atoms. The monoisotopic (exact) mass is 230 g/mol. The normalized spacial score (nSPS) is 14.9. The van der Waals surface area contributed by atoms with Gasteiger partial charge in [-0.25, -0.2) is 4.79 Å². The summed E-state index contributed by atoms with van der Waals surface area (Å²) < 4.78 is 4.91. The van der Waals surface area contributed by atoms with E-state index in [0.717, 1.165) is 12.3 Å². The highest BCUT2D eigenvalue weighted by atomic mass is 16.5. The molecule has 3 nitrogen and oxygen atoms in total. The zero-order valence-electron chi connectivity index (χ0n) is 11.0. The van der Waals surface area contributed by atoms with Crippen LogP contribution in [0.2, 0.25) is 0 Å². The first-order chi connectivity index (χ1) is 7.43. The minimum absolute atomic E-state index is 0.423. The first kappa shape index (κ1) is 15.4. The molecule has 0 radical (unpaired) electrons. The number of aliphatic hydroxyl groups excluding tert-OH is 1. The van der Waals surface area contributed by atoms with E-state index < -0.39 is 12.1 Å². The average molecular weight is 230 g/mol. The Bertz CT molecular complexity index is 188. The van der Waals surface area contributed by atoms with Crippen molar-refractivity contribution in [2.24, 2.45) is 11.8 Å². The summed E-state index contributed by atoms with van der Waals surface area (Å²) in [4.78, 5) is 11.0. The Kier molecular flexibility index (Phi) is 8.26. The van der Waals surface area contributed by atoms with Crippen molar-refractivity contribution < 1.29 is 14.6 Å². The molecule has 0 rings (SSSR count). The van der Waals surface area contributed by atoms with Crippen molar-refractivity contribution >= 4 is 5.97 Å². The molecule has 96 valence electrons. The van der Waals surface area contributed by atoms with Crippen molar-refractivity contribution in [3.63, 3.8) is 0 Å². The van der Waals surface area contributed by atoms with E-state index in [1.807, 2.05) is 0 Å². The standard InChI is InChI=1S/C13H26O3/c1-10(2)6-5-7-11(3)8-9-16-13(15)12(4)14/h10-12,14H,5-9H2,1-4H3/t11-,12?/m1/s1. The second kappa shape index (κ2) is 8.57. The largest absolute Gasteiger partial charge is 0.464 e. The predicted octanol–water partition coefficient (Wildman–Crippen LogP) is 2.76. The number of carbonyl (C=O) groups is 1. The molecule has 3 heteroatoms. The van der Waals surface area contributed by atoms with Crippen LogP contribution >= 0.6 is 0 Å². The van der Waals surface area contributed by atoms with E-state index in [0.29, 0.717) is 12.5 Å². The lowest BCUT2D eigenvalue weighted by atomic mass is 9.98. The van der Waals surface area contributed by atoms with Crippen molar-refractivity contribution in [3.05, 3.63) is 0 Å². The van der Waals surface area contributed by atoms with Gasteiger partial charge in [-0.2, -0.15) is 0 Å². The topological polar surface area (TPSA) is 46.5 Å². The van der Waals surface area contributed by atoms with Crippen LogP contribution in [0.25, 0.3) is 0 Å². The Morgan fingerprint density at radius 1 is 1.12 bits per heavy atom. The highest BCUT2D eigenvalue weighted by molar-refractivity contribution is 5.73. The number of hydrogen-bond acceptors (Lipinski definition) is 3. The summed E-state index contributed by atoms with van der Waals surface area (Å²) in [6.07, 6.45) is 3.57. The third-order valence-electron chi connectivity index (χ3n) is 2.67. The quantitative estimate of drug-likeness (QED) is 0.652. The molecule has 1 N–H and O–H groups in total. The van der Waals surface area contributed by atoms with E-state index in [1.54, 1.807) is 0 Å². The molecule has 0 aromatic heterocycles. The lowest BCUT2D eigenvalue weighted by Crippen LogP contribution is -2.20. The van der Waals surface area contributed by atoms with Crippen molar-refractivity contribution in [1.29, 1.82) is 0 Å². The van der Waals surface area contributed by atoms with Crippen molar-refractivity contribution in [2.75, 3.05) is 6.61 Å². The summed E-state index contributed by atoms with van der Waals surface area (Å²) in [7, 11) is 0. The van der Waals surface area contributed by atoms with Gasteiger partial charge in [0.1, 0.15) is 6.10 Å². The Hall–Kier alpha value is -0.570. The third kappa shape index (κ3) is 8.72. The van der Waals surface area contributed by atoms with Crippen LogP contribution in [0.15, 0.2) is 0 Å². The number of hydrogen-bond donors (Lipinski definition) is 1. The molecule has 0 aromatic carbocycles. The maximum Gasteiger partial charge on any atom is 0.334 e. The maximum absolute atomic E-state index is 11.0. The predicted molar refractivity (Wildman–Crippen MR) is 65.1 cm³/mol. The molecule has 1 unspecified atom stereocenters. The number of carbonyl (C=O) groups excluding carboxylic acids is 1. The molecule has 0 saturated carbocycles.